The molecule has 160 valence electrons. The van der Waals surface area contributed by atoms with Gasteiger partial charge in [-0.2, -0.15) is 4.31 Å². The zero-order chi connectivity index (χ0) is 21.8. The highest BCUT2D eigenvalue weighted by Gasteiger charge is 2.25. The van der Waals surface area contributed by atoms with Crippen molar-refractivity contribution in [2.75, 3.05) is 18.4 Å². The third kappa shape index (κ3) is 5.58. The molecule has 5 nitrogen and oxygen atoms in total. The number of piperidine rings is 1. The zero-order valence-electron chi connectivity index (χ0n) is 17.9. The first kappa shape index (κ1) is 22.2. The van der Waals surface area contributed by atoms with Gasteiger partial charge in [0.25, 0.3) is 0 Å². The van der Waals surface area contributed by atoms with Crippen LogP contribution in [0.5, 0.6) is 0 Å². The molecule has 0 bridgehead atoms. The van der Waals surface area contributed by atoms with E-state index >= 15 is 0 Å². The Labute approximate surface area is 179 Å². The maximum absolute atomic E-state index is 12.7. The summed E-state index contributed by atoms with van der Waals surface area (Å²) in [6, 6.07) is 14.5. The van der Waals surface area contributed by atoms with Crippen molar-refractivity contribution in [2.45, 2.75) is 50.3 Å². The third-order valence-electron chi connectivity index (χ3n) is 5.28. The van der Waals surface area contributed by atoms with E-state index < -0.39 is 10.0 Å². The molecular weight excluding hydrogens is 396 g/mol. The van der Waals surface area contributed by atoms with Crippen LogP contribution in [0, 0.1) is 0 Å². The number of rotatable bonds is 5. The second-order valence-electron chi connectivity index (χ2n) is 8.68. The SMILES string of the molecule is CC(C)(C)c1ccc(C=CC(=O)Nc2ccc(S(=O)(=O)N3CCCCC3)cc2)cc1. The first-order chi connectivity index (χ1) is 14.2. The average molecular weight is 427 g/mol. The number of sulfonamides is 1. The molecule has 30 heavy (non-hydrogen) atoms. The summed E-state index contributed by atoms with van der Waals surface area (Å²) in [5.41, 5.74) is 2.84. The molecule has 0 saturated carbocycles. The van der Waals surface area contributed by atoms with E-state index in [9.17, 15) is 13.2 Å². The lowest BCUT2D eigenvalue weighted by Crippen LogP contribution is -2.35. The van der Waals surface area contributed by atoms with Gasteiger partial charge in [-0.15, -0.1) is 0 Å². The molecular formula is C24H30N2O3S. The summed E-state index contributed by atoms with van der Waals surface area (Å²) < 4.78 is 26.9. The van der Waals surface area contributed by atoms with Crippen molar-refractivity contribution < 1.29 is 13.2 Å². The Morgan fingerprint density at radius 2 is 1.53 bits per heavy atom. The molecule has 2 aromatic carbocycles. The van der Waals surface area contributed by atoms with Gasteiger partial charge in [0.1, 0.15) is 0 Å². The normalized spacial score (nSPS) is 16.0. The van der Waals surface area contributed by atoms with Crippen LogP contribution in [-0.2, 0) is 20.2 Å². The van der Waals surface area contributed by atoms with Gasteiger partial charge in [0, 0.05) is 24.9 Å². The maximum atomic E-state index is 12.7. The van der Waals surface area contributed by atoms with E-state index in [1.54, 1.807) is 30.3 Å². The minimum absolute atomic E-state index is 0.0905. The Morgan fingerprint density at radius 1 is 0.933 bits per heavy atom. The largest absolute Gasteiger partial charge is 0.323 e. The number of benzene rings is 2. The van der Waals surface area contributed by atoms with Crippen LogP contribution in [0.3, 0.4) is 0 Å². The van der Waals surface area contributed by atoms with Crippen LogP contribution in [0.2, 0.25) is 0 Å². The summed E-state index contributed by atoms with van der Waals surface area (Å²) in [5.74, 6) is -0.262. The lowest BCUT2D eigenvalue weighted by atomic mass is 9.87. The highest BCUT2D eigenvalue weighted by Crippen LogP contribution is 2.23. The van der Waals surface area contributed by atoms with Crippen LogP contribution >= 0.6 is 0 Å². The standard InChI is InChI=1S/C24H30N2O3S/c1-24(2,3)20-10-7-19(8-11-20)9-16-23(27)25-21-12-14-22(15-13-21)30(28,29)26-17-5-4-6-18-26/h7-16H,4-6,17-18H2,1-3H3,(H,25,27). The summed E-state index contributed by atoms with van der Waals surface area (Å²) in [7, 11) is -3.46. The number of hydrogen-bond donors (Lipinski definition) is 1. The number of carbonyl (C=O) groups is 1. The second-order valence-corrected chi connectivity index (χ2v) is 10.6. The second kappa shape index (κ2) is 9.14. The number of nitrogens with one attached hydrogen (secondary N) is 1. The Hall–Kier alpha value is -2.44. The van der Waals surface area contributed by atoms with Gasteiger partial charge >= 0.3 is 0 Å². The Kier molecular flexibility index (Phi) is 6.78. The number of amides is 1. The van der Waals surface area contributed by atoms with Crippen LogP contribution < -0.4 is 5.32 Å². The van der Waals surface area contributed by atoms with Gasteiger partial charge < -0.3 is 5.32 Å². The molecule has 0 spiro atoms. The van der Waals surface area contributed by atoms with Gasteiger partial charge in [-0.25, -0.2) is 8.42 Å². The Morgan fingerprint density at radius 3 is 2.10 bits per heavy atom. The molecule has 0 aliphatic carbocycles. The van der Waals surface area contributed by atoms with E-state index in [0.717, 1.165) is 24.8 Å². The monoisotopic (exact) mass is 426 g/mol. The van der Waals surface area contributed by atoms with Gasteiger partial charge in [0.2, 0.25) is 15.9 Å². The molecule has 1 fully saturated rings. The molecule has 0 unspecified atom stereocenters. The fourth-order valence-corrected chi connectivity index (χ4v) is 4.93. The predicted molar refractivity (Wildman–Crippen MR) is 122 cm³/mol. The smallest absolute Gasteiger partial charge is 0.248 e. The summed E-state index contributed by atoms with van der Waals surface area (Å²) in [4.78, 5) is 12.5. The molecule has 1 amide bonds. The van der Waals surface area contributed by atoms with Gasteiger partial charge in [0.15, 0.2) is 0 Å². The minimum atomic E-state index is -3.46. The Balaban J connectivity index is 1.61. The Bertz CT molecular complexity index is 996. The van der Waals surface area contributed by atoms with Crippen molar-refractivity contribution in [3.05, 3.63) is 65.7 Å². The summed E-state index contributed by atoms with van der Waals surface area (Å²) >= 11 is 0. The van der Waals surface area contributed by atoms with Crippen molar-refractivity contribution in [3.63, 3.8) is 0 Å². The topological polar surface area (TPSA) is 66.5 Å². The quantitative estimate of drug-likeness (QED) is 0.698. The minimum Gasteiger partial charge on any atom is -0.323 e. The number of anilines is 1. The molecule has 3 rings (SSSR count). The van der Waals surface area contributed by atoms with Crippen LogP contribution in [0.1, 0.15) is 51.2 Å². The van der Waals surface area contributed by atoms with E-state index in [2.05, 4.69) is 38.2 Å². The molecule has 1 aliphatic rings. The lowest BCUT2D eigenvalue weighted by molar-refractivity contribution is -0.111. The van der Waals surface area contributed by atoms with Gasteiger partial charge in [-0.3, -0.25) is 4.79 Å². The van der Waals surface area contributed by atoms with Crippen molar-refractivity contribution in [3.8, 4) is 0 Å². The third-order valence-corrected chi connectivity index (χ3v) is 7.19. The lowest BCUT2D eigenvalue weighted by Gasteiger charge is -2.25. The van der Waals surface area contributed by atoms with E-state index in [4.69, 9.17) is 0 Å². The van der Waals surface area contributed by atoms with E-state index in [0.29, 0.717) is 18.8 Å². The zero-order valence-corrected chi connectivity index (χ0v) is 18.7. The van der Waals surface area contributed by atoms with Crippen molar-refractivity contribution in [2.24, 2.45) is 0 Å². The molecule has 1 N–H and O–H groups in total. The molecule has 1 saturated heterocycles. The molecule has 0 aromatic heterocycles. The fourth-order valence-electron chi connectivity index (χ4n) is 3.41. The molecule has 6 heteroatoms. The molecule has 2 aromatic rings. The molecule has 1 aliphatic heterocycles. The van der Waals surface area contributed by atoms with Gasteiger partial charge in [-0.1, -0.05) is 51.5 Å². The molecule has 0 radical (unpaired) electrons. The van der Waals surface area contributed by atoms with Crippen LogP contribution in [0.25, 0.3) is 6.08 Å². The summed E-state index contributed by atoms with van der Waals surface area (Å²) in [5, 5.41) is 2.77. The van der Waals surface area contributed by atoms with Crippen molar-refractivity contribution in [1.82, 2.24) is 4.31 Å². The highest BCUT2D eigenvalue weighted by molar-refractivity contribution is 7.89. The first-order valence-electron chi connectivity index (χ1n) is 10.4. The summed E-state index contributed by atoms with van der Waals surface area (Å²) in [6.45, 7) is 7.63. The fraction of sp³-hybridized carbons (Fsp3) is 0.375. The number of nitrogens with zero attached hydrogens (tertiary/aromatic N) is 1. The van der Waals surface area contributed by atoms with Crippen molar-refractivity contribution >= 4 is 27.7 Å². The predicted octanol–water partition coefficient (Wildman–Crippen LogP) is 4.81. The van der Waals surface area contributed by atoms with Gasteiger partial charge in [0.05, 0.1) is 4.90 Å². The van der Waals surface area contributed by atoms with E-state index in [1.807, 2.05) is 12.1 Å². The summed E-state index contributed by atoms with van der Waals surface area (Å²) in [6.07, 6.45) is 6.12. The van der Waals surface area contributed by atoms with Crippen molar-refractivity contribution in [1.29, 1.82) is 0 Å². The van der Waals surface area contributed by atoms with E-state index in [1.165, 1.54) is 15.9 Å². The van der Waals surface area contributed by atoms with Crippen LogP contribution in [0.4, 0.5) is 5.69 Å². The number of carbonyl (C=O) groups excluding carboxylic acids is 1. The highest BCUT2D eigenvalue weighted by atomic mass is 32.2. The van der Waals surface area contributed by atoms with Crippen LogP contribution in [-0.4, -0.2) is 31.7 Å². The molecule has 0 atom stereocenters. The van der Waals surface area contributed by atoms with Gasteiger partial charge in [-0.05, 0) is 59.7 Å². The average Bonchev–Trinajstić information content (AvgIpc) is 2.73. The first-order valence-corrected chi connectivity index (χ1v) is 11.8. The number of hydrogen-bond acceptors (Lipinski definition) is 3. The van der Waals surface area contributed by atoms with E-state index in [-0.39, 0.29) is 16.2 Å². The molecule has 1 heterocycles. The van der Waals surface area contributed by atoms with Crippen LogP contribution in [0.15, 0.2) is 59.5 Å². The maximum Gasteiger partial charge on any atom is 0.248 e.